The minimum atomic E-state index is -0.552. The first kappa shape index (κ1) is 24.8. The molecular formula is C26H20BrN5O4. The Morgan fingerprint density at radius 3 is 2.72 bits per heavy atom. The normalized spacial score (nSPS) is 11.2. The Balaban J connectivity index is 1.80. The Morgan fingerprint density at radius 2 is 2.00 bits per heavy atom. The van der Waals surface area contributed by atoms with Crippen molar-refractivity contribution in [3.63, 3.8) is 0 Å². The number of nitro groups is 1. The molecule has 0 unspecified atom stereocenters. The van der Waals surface area contributed by atoms with Crippen LogP contribution < -0.4 is 10.3 Å². The van der Waals surface area contributed by atoms with Gasteiger partial charge in [-0.05, 0) is 30.3 Å². The van der Waals surface area contributed by atoms with E-state index < -0.39 is 4.92 Å². The molecule has 0 bridgehead atoms. The zero-order chi connectivity index (χ0) is 25.8. The molecule has 0 radical (unpaired) electrons. The summed E-state index contributed by atoms with van der Waals surface area (Å²) in [5.41, 5.74) is 1.22. The lowest BCUT2D eigenvalue weighted by atomic mass is 10.1. The van der Waals surface area contributed by atoms with Gasteiger partial charge in [0.25, 0.3) is 5.56 Å². The number of benzene rings is 3. The largest absolute Gasteiger partial charge is 0.481 e. The van der Waals surface area contributed by atoms with E-state index in [4.69, 9.17) is 4.74 Å². The van der Waals surface area contributed by atoms with Crippen LogP contribution in [0.2, 0.25) is 0 Å². The van der Waals surface area contributed by atoms with Crippen molar-refractivity contribution in [1.29, 1.82) is 5.26 Å². The number of rotatable bonds is 7. The van der Waals surface area contributed by atoms with Gasteiger partial charge in [0.2, 0.25) is 5.75 Å². The number of hydrogen-bond acceptors (Lipinski definition) is 7. The predicted octanol–water partition coefficient (Wildman–Crippen LogP) is 5.52. The first-order valence-corrected chi connectivity index (χ1v) is 11.7. The van der Waals surface area contributed by atoms with E-state index in [1.807, 2.05) is 19.9 Å². The predicted molar refractivity (Wildman–Crippen MR) is 139 cm³/mol. The van der Waals surface area contributed by atoms with Crippen LogP contribution in [0.15, 0.2) is 75.0 Å². The van der Waals surface area contributed by atoms with Gasteiger partial charge >= 0.3 is 5.69 Å². The number of nitrogens with zero attached hydrogens (tertiary/aromatic N) is 5. The molecule has 0 aliphatic heterocycles. The third-order valence-electron chi connectivity index (χ3n) is 5.39. The number of nitro benzene ring substituents is 1. The molecule has 0 aliphatic rings. The van der Waals surface area contributed by atoms with Gasteiger partial charge in [0.05, 0.1) is 33.7 Å². The van der Waals surface area contributed by atoms with Gasteiger partial charge < -0.3 is 4.74 Å². The van der Waals surface area contributed by atoms with Gasteiger partial charge in [-0.3, -0.25) is 14.9 Å². The third kappa shape index (κ3) is 5.01. The second-order valence-corrected chi connectivity index (χ2v) is 9.07. The van der Waals surface area contributed by atoms with Crippen LogP contribution in [0.3, 0.4) is 0 Å². The molecule has 180 valence electrons. The van der Waals surface area contributed by atoms with Crippen molar-refractivity contribution >= 4 is 38.7 Å². The fourth-order valence-electron chi connectivity index (χ4n) is 3.62. The lowest BCUT2D eigenvalue weighted by Gasteiger charge is -2.13. The number of hydrogen-bond donors (Lipinski definition) is 0. The smallest absolute Gasteiger partial charge is 0.311 e. The molecular weight excluding hydrogens is 526 g/mol. The van der Waals surface area contributed by atoms with Gasteiger partial charge in [-0.1, -0.05) is 54.0 Å². The van der Waals surface area contributed by atoms with Gasteiger partial charge in [-0.15, -0.1) is 0 Å². The maximum Gasteiger partial charge on any atom is 0.311 e. The monoisotopic (exact) mass is 545 g/mol. The molecule has 10 heteroatoms. The summed E-state index contributed by atoms with van der Waals surface area (Å²) >= 11 is 3.38. The summed E-state index contributed by atoms with van der Waals surface area (Å²) in [5.74, 6) is 0.308. The summed E-state index contributed by atoms with van der Waals surface area (Å²) < 4.78 is 7.78. The van der Waals surface area contributed by atoms with Crippen LogP contribution in [-0.2, 0) is 6.61 Å². The minimum absolute atomic E-state index is 0.0189. The summed E-state index contributed by atoms with van der Waals surface area (Å²) in [6.07, 6.45) is 1.34. The summed E-state index contributed by atoms with van der Waals surface area (Å²) in [5, 5.41) is 25.8. The van der Waals surface area contributed by atoms with Crippen LogP contribution in [0, 0.1) is 21.4 Å². The van der Waals surface area contributed by atoms with Crippen molar-refractivity contribution in [2.24, 2.45) is 5.10 Å². The molecule has 0 atom stereocenters. The standard InChI is InChI=1S/C26H20BrN5O4/c1-16(2)25-30-22-11-10-20(27)12-21(22)26(33)31(25)29-14-18-8-5-9-23(32(34)35)24(18)36-15-19-7-4-3-6-17(19)13-28/h3-12,14,16H,15H2,1-2H3. The highest BCUT2D eigenvalue weighted by Gasteiger charge is 2.20. The molecule has 9 nitrogen and oxygen atoms in total. The van der Waals surface area contributed by atoms with E-state index in [0.717, 1.165) is 4.47 Å². The van der Waals surface area contributed by atoms with E-state index in [-0.39, 0.29) is 29.5 Å². The highest BCUT2D eigenvalue weighted by atomic mass is 79.9. The molecule has 0 fully saturated rings. The number of nitriles is 1. The van der Waals surface area contributed by atoms with Crippen molar-refractivity contribution in [3.8, 4) is 11.8 Å². The zero-order valence-corrected chi connectivity index (χ0v) is 21.0. The van der Waals surface area contributed by atoms with Gasteiger partial charge in [-0.25, -0.2) is 4.98 Å². The van der Waals surface area contributed by atoms with Gasteiger partial charge in [0.1, 0.15) is 12.4 Å². The van der Waals surface area contributed by atoms with Crippen LogP contribution >= 0.6 is 15.9 Å². The molecule has 4 rings (SSSR count). The lowest BCUT2D eigenvalue weighted by molar-refractivity contribution is -0.385. The zero-order valence-electron chi connectivity index (χ0n) is 19.4. The van der Waals surface area contributed by atoms with Crippen molar-refractivity contribution in [3.05, 3.63) is 108 Å². The van der Waals surface area contributed by atoms with E-state index in [1.165, 1.54) is 23.0 Å². The molecule has 0 saturated carbocycles. The van der Waals surface area contributed by atoms with E-state index in [2.05, 4.69) is 32.1 Å². The van der Waals surface area contributed by atoms with Crippen molar-refractivity contribution in [1.82, 2.24) is 9.66 Å². The number of fused-ring (bicyclic) bond motifs is 1. The van der Waals surface area contributed by atoms with Crippen LogP contribution in [0.25, 0.3) is 10.9 Å². The Morgan fingerprint density at radius 1 is 1.22 bits per heavy atom. The molecule has 36 heavy (non-hydrogen) atoms. The molecule has 0 amide bonds. The highest BCUT2D eigenvalue weighted by molar-refractivity contribution is 9.10. The summed E-state index contributed by atoms with van der Waals surface area (Å²) in [6, 6.07) is 18.6. The summed E-state index contributed by atoms with van der Waals surface area (Å²) in [7, 11) is 0. The molecule has 1 aromatic heterocycles. The maximum atomic E-state index is 13.3. The van der Waals surface area contributed by atoms with Crippen LogP contribution in [-0.4, -0.2) is 20.8 Å². The molecule has 0 saturated heterocycles. The SMILES string of the molecule is CC(C)c1nc2ccc(Br)cc2c(=O)n1N=Cc1cccc([N+](=O)[O-])c1OCc1ccccc1C#N. The number of aromatic nitrogens is 2. The Kier molecular flexibility index (Phi) is 7.22. The number of halogens is 1. The van der Waals surface area contributed by atoms with Crippen LogP contribution in [0.5, 0.6) is 5.75 Å². The molecule has 3 aromatic carbocycles. The van der Waals surface area contributed by atoms with Crippen LogP contribution in [0.1, 0.15) is 42.3 Å². The average molecular weight is 546 g/mol. The quantitative estimate of drug-likeness (QED) is 0.171. The fraction of sp³-hybridized carbons (Fsp3) is 0.154. The van der Waals surface area contributed by atoms with E-state index in [9.17, 15) is 20.2 Å². The van der Waals surface area contributed by atoms with Crippen molar-refractivity contribution < 1.29 is 9.66 Å². The molecule has 4 aromatic rings. The third-order valence-corrected chi connectivity index (χ3v) is 5.89. The highest BCUT2D eigenvalue weighted by Crippen LogP contribution is 2.31. The first-order chi connectivity index (χ1) is 17.3. The van der Waals surface area contributed by atoms with Crippen LogP contribution in [0.4, 0.5) is 5.69 Å². The van der Waals surface area contributed by atoms with Crippen molar-refractivity contribution in [2.45, 2.75) is 26.4 Å². The molecule has 0 spiro atoms. The second kappa shape index (κ2) is 10.5. The fourth-order valence-corrected chi connectivity index (χ4v) is 3.98. The Hall–Kier alpha value is -4.36. The van der Waals surface area contributed by atoms with E-state index >= 15 is 0 Å². The Bertz CT molecular complexity index is 1600. The van der Waals surface area contributed by atoms with Gasteiger partial charge in [-0.2, -0.15) is 15.0 Å². The number of para-hydroxylation sites is 1. The van der Waals surface area contributed by atoms with E-state index in [0.29, 0.717) is 33.4 Å². The molecule has 0 aliphatic carbocycles. The van der Waals surface area contributed by atoms with E-state index in [1.54, 1.807) is 42.5 Å². The molecule has 0 N–H and O–H groups in total. The molecule has 1 heterocycles. The van der Waals surface area contributed by atoms with Gasteiger partial charge in [0.15, 0.2) is 0 Å². The average Bonchev–Trinajstić information content (AvgIpc) is 2.87. The Labute approximate surface area is 214 Å². The number of ether oxygens (including phenoxy) is 1. The summed E-state index contributed by atoms with van der Waals surface area (Å²) in [6.45, 7) is 3.73. The lowest BCUT2D eigenvalue weighted by Crippen LogP contribution is -2.23. The summed E-state index contributed by atoms with van der Waals surface area (Å²) in [4.78, 5) is 29.1. The topological polar surface area (TPSA) is 123 Å². The van der Waals surface area contributed by atoms with Gasteiger partial charge in [0, 0.05) is 27.6 Å². The first-order valence-electron chi connectivity index (χ1n) is 10.9. The minimum Gasteiger partial charge on any atom is -0.481 e. The van der Waals surface area contributed by atoms with Crippen molar-refractivity contribution in [2.75, 3.05) is 0 Å². The maximum absolute atomic E-state index is 13.3. The second-order valence-electron chi connectivity index (χ2n) is 8.16.